The number of pyridine rings is 1. The Labute approximate surface area is 286 Å². The molecule has 0 amide bonds. The van der Waals surface area contributed by atoms with Crippen molar-refractivity contribution in [2.75, 3.05) is 18.2 Å². The molecule has 13 heteroatoms. The number of nitrogens with two attached hydrogens (primary N) is 1. The van der Waals surface area contributed by atoms with Gasteiger partial charge in [0.2, 0.25) is 11.6 Å². The number of ether oxygens (including phenoxy) is 1. The van der Waals surface area contributed by atoms with E-state index < -0.39 is 17.4 Å². The van der Waals surface area contributed by atoms with Crippen molar-refractivity contribution in [1.29, 1.82) is 0 Å². The average molecular weight is 685 g/mol. The van der Waals surface area contributed by atoms with Crippen LogP contribution in [0.25, 0.3) is 0 Å². The summed E-state index contributed by atoms with van der Waals surface area (Å²) < 4.78 is 49.4. The lowest BCUT2D eigenvalue weighted by atomic mass is 10.2. The number of aryl methyl sites for hydroxylation is 1. The largest absolute Gasteiger partial charge is 0.433 e. The van der Waals surface area contributed by atoms with Crippen molar-refractivity contribution in [3.05, 3.63) is 82.5 Å². The number of benzene rings is 1. The molecular formula is C35H43F3N6O3S. The van der Waals surface area contributed by atoms with Gasteiger partial charge in [0.05, 0.1) is 30.8 Å². The van der Waals surface area contributed by atoms with Crippen LogP contribution in [-0.2, 0) is 9.74 Å². The second-order valence-electron chi connectivity index (χ2n) is 9.72. The SMILES string of the molecule is C#C.C#CC.CC.CC1=C(NCC(=O)C/C=N\N(CN)c2cnc(Oc3c(F)cccc3F)cc2C)CC=C(NSC2CC2)C(OF)=C1. The summed E-state index contributed by atoms with van der Waals surface area (Å²) in [4.78, 5) is 20.7. The Morgan fingerprint density at radius 1 is 1.25 bits per heavy atom. The van der Waals surface area contributed by atoms with Crippen molar-refractivity contribution >= 4 is 29.6 Å². The summed E-state index contributed by atoms with van der Waals surface area (Å²) >= 11 is 1.55. The smallest absolute Gasteiger partial charge is 0.219 e. The van der Waals surface area contributed by atoms with E-state index in [1.165, 1.54) is 29.6 Å². The molecular weight excluding hydrogens is 641 g/mol. The highest BCUT2D eigenvalue weighted by atomic mass is 32.2. The van der Waals surface area contributed by atoms with E-state index in [0.717, 1.165) is 36.2 Å². The number of allylic oxidation sites excluding steroid dienone is 3. The monoisotopic (exact) mass is 684 g/mol. The first-order valence-corrected chi connectivity index (χ1v) is 16.0. The maximum Gasteiger partial charge on any atom is 0.219 e. The number of carbonyl (C=O) groups is 1. The molecule has 1 aromatic heterocycles. The second-order valence-corrected chi connectivity index (χ2v) is 10.8. The van der Waals surface area contributed by atoms with E-state index in [1.807, 2.05) is 26.8 Å². The van der Waals surface area contributed by atoms with E-state index in [2.05, 4.69) is 50.3 Å². The van der Waals surface area contributed by atoms with Crippen LogP contribution in [0.5, 0.6) is 11.6 Å². The van der Waals surface area contributed by atoms with Crippen LogP contribution in [0.3, 0.4) is 0 Å². The predicted molar refractivity (Wildman–Crippen MR) is 188 cm³/mol. The summed E-state index contributed by atoms with van der Waals surface area (Å²) in [6.45, 7) is 9.25. The lowest BCUT2D eigenvalue weighted by Gasteiger charge is -2.19. The maximum absolute atomic E-state index is 13.9. The third-order valence-electron chi connectivity index (χ3n) is 6.22. The van der Waals surface area contributed by atoms with Gasteiger partial charge < -0.3 is 20.5 Å². The van der Waals surface area contributed by atoms with Crippen molar-refractivity contribution in [3.63, 3.8) is 0 Å². The van der Waals surface area contributed by atoms with Crippen LogP contribution in [0.1, 0.15) is 58.9 Å². The second kappa shape index (κ2) is 22.6. The third kappa shape index (κ3) is 13.5. The Kier molecular flexibility index (Phi) is 19.4. The quantitative estimate of drug-likeness (QED) is 0.0617. The van der Waals surface area contributed by atoms with E-state index in [-0.39, 0.29) is 37.1 Å². The first-order chi connectivity index (χ1) is 23.2. The lowest BCUT2D eigenvalue weighted by Crippen LogP contribution is -2.26. The number of terminal acetylenes is 2. The number of aromatic nitrogens is 1. The first-order valence-electron chi connectivity index (χ1n) is 15.1. The highest BCUT2D eigenvalue weighted by molar-refractivity contribution is 7.98. The van der Waals surface area contributed by atoms with Gasteiger partial charge in [-0.2, -0.15) is 5.10 Å². The fraction of sp³-hybridized carbons (Fsp3) is 0.343. The number of halogens is 3. The molecule has 0 saturated heterocycles. The molecule has 1 aromatic carbocycles. The average Bonchev–Trinajstić information content (AvgIpc) is 3.93. The molecule has 2 aliphatic rings. The number of nitrogens with zero attached hydrogens (tertiary/aromatic N) is 3. The molecule has 4 N–H and O–H groups in total. The number of hydrazone groups is 1. The van der Waals surface area contributed by atoms with Crippen LogP contribution in [-0.4, -0.2) is 35.4 Å². The van der Waals surface area contributed by atoms with Crippen molar-refractivity contribution in [3.8, 4) is 36.8 Å². The summed E-state index contributed by atoms with van der Waals surface area (Å²) in [6.07, 6.45) is 21.6. The standard InChI is InChI=1S/C28H31F3N6O3S.C3H4.C2H6.C2H2/c1-17-12-26(40-31)24(36-41-20-6-7-20)9-8-23(17)33-14-19(38)10-11-35-37(16-32)25-15-34-27(13-18(25)2)39-28-21(29)4-3-5-22(28)30;1-3-2;2*1-2/h3-5,9,11-13,15,20,33,36H,6-8,10,14,16,32H2,1-2H3;1H,2H3;1-2H3;1-2H/b35-11-;;;. The number of nitrogens with one attached hydrogen (secondary N) is 2. The number of rotatable bonds is 14. The molecule has 9 nitrogen and oxygen atoms in total. The molecule has 0 bridgehead atoms. The Balaban J connectivity index is 0.00000153. The van der Waals surface area contributed by atoms with Gasteiger partial charge in [0.15, 0.2) is 23.2 Å². The van der Waals surface area contributed by atoms with Gasteiger partial charge in [-0.1, -0.05) is 26.0 Å². The number of carbonyl (C=O) groups excluding carboxylic acids is 1. The van der Waals surface area contributed by atoms with Crippen molar-refractivity contribution in [1.82, 2.24) is 15.0 Å². The molecule has 1 saturated carbocycles. The van der Waals surface area contributed by atoms with E-state index >= 15 is 0 Å². The minimum Gasteiger partial charge on any atom is -0.433 e. The zero-order valence-corrected chi connectivity index (χ0v) is 28.7. The van der Waals surface area contributed by atoms with Gasteiger partial charge in [-0.3, -0.25) is 14.7 Å². The zero-order valence-electron chi connectivity index (χ0n) is 27.9. The highest BCUT2D eigenvalue weighted by Gasteiger charge is 2.24. The Morgan fingerprint density at radius 3 is 2.46 bits per heavy atom. The van der Waals surface area contributed by atoms with Crippen LogP contribution >= 0.6 is 11.9 Å². The van der Waals surface area contributed by atoms with Crippen LogP contribution in [0.2, 0.25) is 0 Å². The van der Waals surface area contributed by atoms with Gasteiger partial charge in [-0.25, -0.2) is 13.8 Å². The number of ketones is 1. The van der Waals surface area contributed by atoms with Gasteiger partial charge in [0.1, 0.15) is 0 Å². The van der Waals surface area contributed by atoms with Gasteiger partial charge in [0.25, 0.3) is 0 Å². The van der Waals surface area contributed by atoms with E-state index in [9.17, 15) is 18.1 Å². The van der Waals surface area contributed by atoms with Crippen LogP contribution in [0.15, 0.2) is 70.4 Å². The maximum atomic E-state index is 13.9. The molecule has 0 atom stereocenters. The molecule has 1 heterocycles. The Hall–Kier alpha value is -4.85. The normalized spacial score (nSPS) is 13.4. The number of hydrogen-bond donors (Lipinski definition) is 3. The molecule has 4 rings (SSSR count). The molecule has 258 valence electrons. The van der Waals surface area contributed by atoms with Crippen LogP contribution in [0, 0.1) is 43.7 Å². The van der Waals surface area contributed by atoms with E-state index in [4.69, 9.17) is 10.5 Å². The molecule has 2 aliphatic carbocycles. The van der Waals surface area contributed by atoms with Gasteiger partial charge >= 0.3 is 0 Å². The summed E-state index contributed by atoms with van der Waals surface area (Å²) in [6, 6.07) is 4.92. The number of para-hydroxylation sites is 1. The molecule has 0 radical (unpaired) electrons. The minimum atomic E-state index is -0.845. The van der Waals surface area contributed by atoms with Gasteiger partial charge in [0, 0.05) is 40.6 Å². The summed E-state index contributed by atoms with van der Waals surface area (Å²) in [5.41, 5.74) is 9.11. The molecule has 48 heavy (non-hydrogen) atoms. The summed E-state index contributed by atoms with van der Waals surface area (Å²) in [5.74, 6) is -0.0179. The molecule has 1 fully saturated rings. The fourth-order valence-electron chi connectivity index (χ4n) is 3.79. The van der Waals surface area contributed by atoms with Gasteiger partial charge in [-0.15, -0.1) is 25.2 Å². The number of hydrogen-bond acceptors (Lipinski definition) is 10. The van der Waals surface area contributed by atoms with E-state index in [0.29, 0.717) is 28.6 Å². The van der Waals surface area contributed by atoms with Crippen molar-refractivity contribution in [2.24, 2.45) is 10.8 Å². The third-order valence-corrected chi connectivity index (χ3v) is 7.36. The van der Waals surface area contributed by atoms with Gasteiger partial charge in [-0.05, 0) is 74.9 Å². The predicted octanol–water partition coefficient (Wildman–Crippen LogP) is 7.38. The fourth-order valence-corrected chi connectivity index (χ4v) is 4.64. The van der Waals surface area contributed by atoms with Crippen molar-refractivity contribution in [2.45, 2.75) is 65.6 Å². The van der Waals surface area contributed by atoms with E-state index in [1.54, 1.807) is 31.9 Å². The molecule has 2 aromatic rings. The lowest BCUT2D eigenvalue weighted by molar-refractivity contribution is -0.116. The number of Topliss-reactive ketones (excluding diaryl/α,β-unsaturated/α-hetero) is 1. The molecule has 0 unspecified atom stereocenters. The Morgan fingerprint density at radius 2 is 1.90 bits per heavy atom. The zero-order chi connectivity index (χ0) is 36.1. The molecule has 0 aliphatic heterocycles. The van der Waals surface area contributed by atoms with Crippen LogP contribution in [0.4, 0.5) is 19.0 Å². The number of anilines is 1. The molecule has 0 spiro atoms. The summed E-state index contributed by atoms with van der Waals surface area (Å²) in [5, 5.41) is 9.39. The first kappa shape index (κ1) is 41.2. The topological polar surface area (TPSA) is 114 Å². The minimum absolute atomic E-state index is 0.0000199. The van der Waals surface area contributed by atoms with Crippen LogP contribution < -0.4 is 25.5 Å². The van der Waals surface area contributed by atoms with Crippen molar-refractivity contribution < 1.29 is 27.8 Å². The summed E-state index contributed by atoms with van der Waals surface area (Å²) in [7, 11) is 0. The Bertz CT molecular complexity index is 1510. The highest BCUT2D eigenvalue weighted by Crippen LogP contribution is 2.34.